The lowest BCUT2D eigenvalue weighted by molar-refractivity contribution is 0.864. The molecule has 0 bridgehead atoms. The smallest absolute Gasteiger partial charge is 0.207 e. The molecule has 0 saturated heterocycles. The van der Waals surface area contributed by atoms with Gasteiger partial charge in [-0.15, -0.1) is 0 Å². The van der Waals surface area contributed by atoms with Crippen molar-refractivity contribution in [1.29, 1.82) is 0 Å². The van der Waals surface area contributed by atoms with Crippen molar-refractivity contribution in [3.63, 3.8) is 0 Å². The molecule has 0 aliphatic rings. The molecule has 0 fully saturated rings. The number of nitrogens with one attached hydrogen (secondary N) is 1. The largest absolute Gasteiger partial charge is 0.377 e. The maximum atomic E-state index is 4.37. The van der Waals surface area contributed by atoms with Gasteiger partial charge in [0.05, 0.1) is 5.69 Å². The van der Waals surface area contributed by atoms with Gasteiger partial charge in [0.25, 0.3) is 0 Å². The molecule has 0 amide bonds. The Labute approximate surface area is 115 Å². The van der Waals surface area contributed by atoms with Gasteiger partial charge in [0.15, 0.2) is 0 Å². The van der Waals surface area contributed by atoms with Crippen molar-refractivity contribution in [2.45, 2.75) is 26.8 Å². The molecular formula is C15H22N4. The zero-order valence-corrected chi connectivity index (χ0v) is 12.3. The number of hydrogen-bond donors (Lipinski definition) is 1. The standard InChI is InChI=1S/C15H22N4/c1-11(2)17-15-16-8-9-19(15)13-7-6-12(3)14(10-13)18(4)5/h6-11H,1-5H3,(H,16,17). The summed E-state index contributed by atoms with van der Waals surface area (Å²) in [5.74, 6) is 0.878. The minimum atomic E-state index is 0.361. The van der Waals surface area contributed by atoms with E-state index < -0.39 is 0 Å². The van der Waals surface area contributed by atoms with Crippen molar-refractivity contribution in [2.75, 3.05) is 24.3 Å². The van der Waals surface area contributed by atoms with E-state index in [2.05, 4.69) is 72.8 Å². The summed E-state index contributed by atoms with van der Waals surface area (Å²) < 4.78 is 2.08. The van der Waals surface area contributed by atoms with E-state index in [9.17, 15) is 0 Å². The maximum absolute atomic E-state index is 4.37. The summed E-state index contributed by atoms with van der Waals surface area (Å²) in [7, 11) is 4.13. The Morgan fingerprint density at radius 1 is 1.26 bits per heavy atom. The Morgan fingerprint density at radius 3 is 2.63 bits per heavy atom. The monoisotopic (exact) mass is 258 g/mol. The topological polar surface area (TPSA) is 33.1 Å². The molecule has 19 heavy (non-hydrogen) atoms. The third kappa shape index (κ3) is 2.89. The molecule has 1 N–H and O–H groups in total. The van der Waals surface area contributed by atoms with Crippen molar-refractivity contribution < 1.29 is 0 Å². The summed E-state index contributed by atoms with van der Waals surface area (Å²) in [5.41, 5.74) is 3.61. The molecular weight excluding hydrogens is 236 g/mol. The van der Waals surface area contributed by atoms with Gasteiger partial charge in [0, 0.05) is 38.2 Å². The van der Waals surface area contributed by atoms with Crippen molar-refractivity contribution in [3.8, 4) is 5.69 Å². The van der Waals surface area contributed by atoms with Gasteiger partial charge >= 0.3 is 0 Å². The molecule has 1 aromatic heterocycles. The lowest BCUT2D eigenvalue weighted by atomic mass is 10.1. The Morgan fingerprint density at radius 2 is 2.00 bits per heavy atom. The molecule has 0 unspecified atom stereocenters. The summed E-state index contributed by atoms with van der Waals surface area (Å²) in [6.07, 6.45) is 3.80. The molecule has 102 valence electrons. The second kappa shape index (κ2) is 5.34. The average Bonchev–Trinajstić information content (AvgIpc) is 2.76. The number of aryl methyl sites for hydroxylation is 1. The van der Waals surface area contributed by atoms with Crippen molar-refractivity contribution >= 4 is 11.6 Å². The summed E-state index contributed by atoms with van der Waals surface area (Å²) in [6, 6.07) is 6.81. The van der Waals surface area contributed by atoms with Gasteiger partial charge in [0.1, 0.15) is 0 Å². The Hall–Kier alpha value is -1.97. The number of nitrogens with zero attached hydrogens (tertiary/aromatic N) is 3. The van der Waals surface area contributed by atoms with Crippen LogP contribution in [-0.2, 0) is 0 Å². The van der Waals surface area contributed by atoms with Crippen LogP contribution >= 0.6 is 0 Å². The van der Waals surface area contributed by atoms with E-state index in [4.69, 9.17) is 0 Å². The molecule has 2 rings (SSSR count). The predicted molar refractivity (Wildman–Crippen MR) is 81.4 cm³/mol. The molecule has 1 heterocycles. The van der Waals surface area contributed by atoms with Crippen LogP contribution in [0.2, 0.25) is 0 Å². The summed E-state index contributed by atoms with van der Waals surface area (Å²) in [6.45, 7) is 6.35. The van der Waals surface area contributed by atoms with Crippen LogP contribution in [0.3, 0.4) is 0 Å². The highest BCUT2D eigenvalue weighted by Crippen LogP contribution is 2.23. The first-order valence-electron chi connectivity index (χ1n) is 6.57. The van der Waals surface area contributed by atoms with Crippen molar-refractivity contribution in [3.05, 3.63) is 36.2 Å². The summed E-state index contributed by atoms with van der Waals surface area (Å²) in [5, 5.41) is 3.35. The van der Waals surface area contributed by atoms with E-state index in [1.54, 1.807) is 0 Å². The first-order valence-corrected chi connectivity index (χ1v) is 6.57. The fraction of sp³-hybridized carbons (Fsp3) is 0.400. The van der Waals surface area contributed by atoms with Crippen LogP contribution in [0.5, 0.6) is 0 Å². The zero-order valence-electron chi connectivity index (χ0n) is 12.3. The predicted octanol–water partition coefficient (Wildman–Crippen LogP) is 3.07. The van der Waals surface area contributed by atoms with Gasteiger partial charge in [-0.2, -0.15) is 0 Å². The van der Waals surface area contributed by atoms with E-state index >= 15 is 0 Å². The number of rotatable bonds is 4. The number of hydrogen-bond acceptors (Lipinski definition) is 3. The average molecular weight is 258 g/mol. The summed E-state index contributed by atoms with van der Waals surface area (Å²) >= 11 is 0. The maximum Gasteiger partial charge on any atom is 0.207 e. The number of imidazole rings is 1. The van der Waals surface area contributed by atoms with E-state index in [-0.39, 0.29) is 0 Å². The highest BCUT2D eigenvalue weighted by Gasteiger charge is 2.08. The van der Waals surface area contributed by atoms with Gasteiger partial charge < -0.3 is 10.2 Å². The SMILES string of the molecule is Cc1ccc(-n2ccnc2NC(C)C)cc1N(C)C. The minimum Gasteiger partial charge on any atom is -0.377 e. The van der Waals surface area contributed by atoms with Crippen LogP contribution < -0.4 is 10.2 Å². The molecule has 0 atom stereocenters. The Kier molecular flexibility index (Phi) is 3.79. The molecule has 1 aromatic carbocycles. The van der Waals surface area contributed by atoms with Crippen molar-refractivity contribution in [2.24, 2.45) is 0 Å². The number of benzene rings is 1. The van der Waals surface area contributed by atoms with Crippen molar-refractivity contribution in [1.82, 2.24) is 9.55 Å². The first kappa shape index (κ1) is 13.5. The molecule has 4 nitrogen and oxygen atoms in total. The van der Waals surface area contributed by atoms with Crippen LogP contribution in [0, 0.1) is 6.92 Å². The Bertz CT molecular complexity index is 555. The highest BCUT2D eigenvalue weighted by molar-refractivity contribution is 5.59. The zero-order chi connectivity index (χ0) is 14.0. The van der Waals surface area contributed by atoms with E-state index in [1.807, 2.05) is 12.4 Å². The van der Waals surface area contributed by atoms with E-state index in [1.165, 1.54) is 11.3 Å². The van der Waals surface area contributed by atoms with E-state index in [0.29, 0.717) is 6.04 Å². The van der Waals surface area contributed by atoms with Gasteiger partial charge in [0.2, 0.25) is 5.95 Å². The van der Waals surface area contributed by atoms with Crippen LogP contribution in [0.15, 0.2) is 30.6 Å². The van der Waals surface area contributed by atoms with Crippen LogP contribution in [0.4, 0.5) is 11.6 Å². The van der Waals surface area contributed by atoms with Gasteiger partial charge in [-0.1, -0.05) is 6.07 Å². The molecule has 0 aliphatic heterocycles. The number of aromatic nitrogens is 2. The normalized spacial score (nSPS) is 10.8. The molecule has 0 spiro atoms. The molecule has 0 saturated carbocycles. The third-order valence-corrected chi connectivity index (χ3v) is 3.01. The fourth-order valence-electron chi connectivity index (χ4n) is 2.11. The second-order valence-corrected chi connectivity index (χ2v) is 5.29. The van der Waals surface area contributed by atoms with Crippen LogP contribution in [0.1, 0.15) is 19.4 Å². The molecule has 0 aliphatic carbocycles. The van der Waals surface area contributed by atoms with Gasteiger partial charge in [-0.05, 0) is 38.5 Å². The second-order valence-electron chi connectivity index (χ2n) is 5.29. The lowest BCUT2D eigenvalue weighted by Crippen LogP contribution is -2.14. The minimum absolute atomic E-state index is 0.361. The fourth-order valence-corrected chi connectivity index (χ4v) is 2.11. The van der Waals surface area contributed by atoms with Gasteiger partial charge in [-0.3, -0.25) is 4.57 Å². The highest BCUT2D eigenvalue weighted by atomic mass is 15.2. The molecule has 4 heteroatoms. The quantitative estimate of drug-likeness (QED) is 0.915. The van der Waals surface area contributed by atoms with Gasteiger partial charge in [-0.25, -0.2) is 4.98 Å². The molecule has 0 radical (unpaired) electrons. The third-order valence-electron chi connectivity index (χ3n) is 3.01. The van der Waals surface area contributed by atoms with E-state index in [0.717, 1.165) is 11.6 Å². The van der Waals surface area contributed by atoms with Crippen LogP contribution in [-0.4, -0.2) is 29.7 Å². The lowest BCUT2D eigenvalue weighted by Gasteiger charge is -2.18. The first-order chi connectivity index (χ1) is 8.99. The van der Waals surface area contributed by atoms with Crippen LogP contribution in [0.25, 0.3) is 5.69 Å². The molecule has 2 aromatic rings. The number of anilines is 2. The Balaban J connectivity index is 2.42. The summed E-state index contributed by atoms with van der Waals surface area (Å²) in [4.78, 5) is 6.50.